The van der Waals surface area contributed by atoms with Crippen LogP contribution < -0.4 is 0 Å². The fourth-order valence-electron chi connectivity index (χ4n) is 1.42. The molecule has 0 saturated carbocycles. The van der Waals surface area contributed by atoms with E-state index in [9.17, 15) is 0 Å². The van der Waals surface area contributed by atoms with Crippen LogP contribution in [-0.4, -0.2) is 0 Å². The molecule has 0 unspecified atom stereocenters. The third kappa shape index (κ3) is 2.44. The van der Waals surface area contributed by atoms with Gasteiger partial charge in [0.15, 0.2) is 0 Å². The van der Waals surface area contributed by atoms with Crippen molar-refractivity contribution in [1.29, 1.82) is 0 Å². The maximum atomic E-state index is 7.16. The van der Waals surface area contributed by atoms with Gasteiger partial charge in [-0.15, -0.1) is 11.8 Å². The molecule has 0 amide bonds. The summed E-state index contributed by atoms with van der Waals surface area (Å²) in [5.74, 6) is 0. The molecule has 0 spiro atoms. The van der Waals surface area contributed by atoms with E-state index in [1.807, 2.05) is 43.3 Å². The van der Waals surface area contributed by atoms with Crippen molar-refractivity contribution in [2.75, 3.05) is 0 Å². The second-order valence-electron chi connectivity index (χ2n) is 3.50. The Morgan fingerprint density at radius 2 is 1.81 bits per heavy atom. The smallest absolute Gasteiger partial charge is 0.201 e. The second kappa shape index (κ2) is 4.87. The molecule has 0 fully saturated rings. The Hall–Kier alpha value is -1.72. The van der Waals surface area contributed by atoms with Crippen molar-refractivity contribution >= 4 is 17.4 Å². The molecule has 0 bridgehead atoms. The molecule has 0 saturated heterocycles. The van der Waals surface area contributed by atoms with Gasteiger partial charge in [-0.05, 0) is 19.1 Å². The molecule has 0 aromatic heterocycles. The quantitative estimate of drug-likeness (QED) is 0.670. The first-order valence-electron chi connectivity index (χ1n) is 5.00. The van der Waals surface area contributed by atoms with Crippen LogP contribution in [0.15, 0.2) is 58.3 Å². The van der Waals surface area contributed by atoms with Gasteiger partial charge in [-0.1, -0.05) is 42.0 Å². The minimum Gasteiger partial charge on any atom is -0.237 e. The highest BCUT2D eigenvalue weighted by Crippen LogP contribution is 2.35. The van der Waals surface area contributed by atoms with Gasteiger partial charge in [0.25, 0.3) is 0 Å². The van der Waals surface area contributed by atoms with Crippen molar-refractivity contribution in [2.45, 2.75) is 16.7 Å². The minimum atomic E-state index is 0.730. The molecule has 0 aliphatic heterocycles. The standard InChI is InChI=1S/C14H11NS/c1-11-8-9-14(13(10-11)15-2)16-12-6-4-3-5-7-12/h3-10H,1H3. The predicted octanol–water partition coefficient (Wildman–Crippen LogP) is 4.70. The summed E-state index contributed by atoms with van der Waals surface area (Å²) >= 11 is 1.63. The molecule has 2 rings (SSSR count). The van der Waals surface area contributed by atoms with Gasteiger partial charge in [-0.25, -0.2) is 4.85 Å². The summed E-state index contributed by atoms with van der Waals surface area (Å²) in [5.41, 5.74) is 1.86. The van der Waals surface area contributed by atoms with Crippen LogP contribution in [0.2, 0.25) is 0 Å². The van der Waals surface area contributed by atoms with E-state index < -0.39 is 0 Å². The lowest BCUT2D eigenvalue weighted by atomic mass is 10.2. The molecule has 16 heavy (non-hydrogen) atoms. The van der Waals surface area contributed by atoms with Crippen LogP contribution >= 0.6 is 11.8 Å². The summed E-state index contributed by atoms with van der Waals surface area (Å²) in [5, 5.41) is 0. The first kappa shape index (κ1) is 10.8. The minimum absolute atomic E-state index is 0.730. The maximum absolute atomic E-state index is 7.16. The number of nitrogens with zero attached hydrogens (tertiary/aromatic N) is 1. The zero-order valence-corrected chi connectivity index (χ0v) is 9.79. The Kier molecular flexibility index (Phi) is 3.28. The van der Waals surface area contributed by atoms with Crippen LogP contribution in [0.3, 0.4) is 0 Å². The number of hydrogen-bond donors (Lipinski definition) is 0. The Morgan fingerprint density at radius 1 is 1.06 bits per heavy atom. The lowest BCUT2D eigenvalue weighted by molar-refractivity contribution is 1.37. The zero-order chi connectivity index (χ0) is 11.4. The third-order valence-electron chi connectivity index (χ3n) is 2.21. The first-order valence-corrected chi connectivity index (χ1v) is 5.82. The summed E-state index contributed by atoms with van der Waals surface area (Å²) in [7, 11) is 0. The van der Waals surface area contributed by atoms with Crippen LogP contribution in [0.4, 0.5) is 5.69 Å². The van der Waals surface area contributed by atoms with Crippen molar-refractivity contribution < 1.29 is 0 Å². The van der Waals surface area contributed by atoms with Crippen LogP contribution in [0, 0.1) is 13.5 Å². The predicted molar refractivity (Wildman–Crippen MR) is 68.0 cm³/mol. The average molecular weight is 225 g/mol. The van der Waals surface area contributed by atoms with Gasteiger partial charge in [-0.3, -0.25) is 0 Å². The van der Waals surface area contributed by atoms with Gasteiger partial charge >= 0.3 is 0 Å². The van der Waals surface area contributed by atoms with Gasteiger partial charge in [0.1, 0.15) is 0 Å². The molecular weight excluding hydrogens is 214 g/mol. The highest BCUT2D eigenvalue weighted by atomic mass is 32.2. The van der Waals surface area contributed by atoms with E-state index >= 15 is 0 Å². The lowest BCUT2D eigenvalue weighted by Crippen LogP contribution is -1.76. The van der Waals surface area contributed by atoms with Crippen molar-refractivity contribution in [3.8, 4) is 0 Å². The molecule has 1 nitrogen and oxygen atoms in total. The topological polar surface area (TPSA) is 4.36 Å². The third-order valence-corrected chi connectivity index (χ3v) is 3.28. The summed E-state index contributed by atoms with van der Waals surface area (Å²) in [6.07, 6.45) is 0. The molecule has 2 aromatic rings. The number of hydrogen-bond acceptors (Lipinski definition) is 1. The number of benzene rings is 2. The average Bonchev–Trinajstić information content (AvgIpc) is 2.33. The van der Waals surface area contributed by atoms with Gasteiger partial charge in [0.2, 0.25) is 5.69 Å². The van der Waals surface area contributed by atoms with Crippen molar-refractivity contribution in [2.24, 2.45) is 0 Å². The van der Waals surface area contributed by atoms with E-state index in [4.69, 9.17) is 6.57 Å². The van der Waals surface area contributed by atoms with Crippen molar-refractivity contribution in [3.05, 3.63) is 65.5 Å². The molecule has 0 heterocycles. The molecule has 2 heteroatoms. The first-order chi connectivity index (χ1) is 7.79. The van der Waals surface area contributed by atoms with E-state index in [0.717, 1.165) is 21.0 Å². The summed E-state index contributed by atoms with van der Waals surface area (Å²) in [4.78, 5) is 5.74. The second-order valence-corrected chi connectivity index (χ2v) is 4.61. The molecule has 0 atom stereocenters. The van der Waals surface area contributed by atoms with Crippen LogP contribution in [-0.2, 0) is 0 Å². The Labute approximate surface area is 99.9 Å². The van der Waals surface area contributed by atoms with Crippen molar-refractivity contribution in [3.63, 3.8) is 0 Å². The van der Waals surface area contributed by atoms with Crippen LogP contribution in [0.25, 0.3) is 4.85 Å². The molecule has 78 valence electrons. The van der Waals surface area contributed by atoms with Gasteiger partial charge in [-0.2, -0.15) is 0 Å². The normalized spacial score (nSPS) is 9.75. The van der Waals surface area contributed by atoms with Crippen LogP contribution in [0.1, 0.15) is 5.56 Å². The number of rotatable bonds is 2. The summed E-state index contributed by atoms with van der Waals surface area (Å²) in [6.45, 7) is 9.16. The van der Waals surface area contributed by atoms with E-state index in [1.54, 1.807) is 11.8 Å². The Morgan fingerprint density at radius 3 is 2.50 bits per heavy atom. The molecule has 2 aromatic carbocycles. The monoisotopic (exact) mass is 225 g/mol. The van der Waals surface area contributed by atoms with E-state index in [1.165, 1.54) is 0 Å². The molecule has 0 aliphatic carbocycles. The van der Waals surface area contributed by atoms with E-state index in [2.05, 4.69) is 17.0 Å². The van der Waals surface area contributed by atoms with Gasteiger partial charge < -0.3 is 0 Å². The maximum Gasteiger partial charge on any atom is 0.201 e. The molecule has 0 aliphatic rings. The highest BCUT2D eigenvalue weighted by Gasteiger charge is 2.03. The van der Waals surface area contributed by atoms with Gasteiger partial charge in [0, 0.05) is 9.79 Å². The molecular formula is C14H11NS. The number of aryl methyl sites for hydroxylation is 1. The molecule has 0 N–H and O–H groups in total. The SMILES string of the molecule is [C-]#[N+]c1cc(C)ccc1Sc1ccccc1. The highest BCUT2D eigenvalue weighted by molar-refractivity contribution is 7.99. The largest absolute Gasteiger partial charge is 0.237 e. The van der Waals surface area contributed by atoms with Crippen LogP contribution in [0.5, 0.6) is 0 Å². The van der Waals surface area contributed by atoms with E-state index in [0.29, 0.717) is 0 Å². The Balaban J connectivity index is 2.32. The van der Waals surface area contributed by atoms with Crippen molar-refractivity contribution in [1.82, 2.24) is 0 Å². The van der Waals surface area contributed by atoms with Gasteiger partial charge in [0.05, 0.1) is 6.57 Å². The summed E-state index contributed by atoms with van der Waals surface area (Å²) in [6, 6.07) is 16.1. The van der Waals surface area contributed by atoms with E-state index in [-0.39, 0.29) is 0 Å². The fourth-order valence-corrected chi connectivity index (χ4v) is 2.31. The summed E-state index contributed by atoms with van der Waals surface area (Å²) < 4.78 is 0. The molecule has 0 radical (unpaired) electrons. The Bertz CT molecular complexity index is 526. The zero-order valence-electron chi connectivity index (χ0n) is 8.97. The lowest BCUT2D eigenvalue weighted by Gasteiger charge is -2.04. The fraction of sp³-hybridized carbons (Fsp3) is 0.0714.